The van der Waals surface area contributed by atoms with Gasteiger partial charge in [-0.15, -0.1) is 0 Å². The van der Waals surface area contributed by atoms with Gasteiger partial charge >= 0.3 is 0 Å². The fraction of sp³-hybridized carbons (Fsp3) is 0.316. The Bertz CT molecular complexity index is 604. The van der Waals surface area contributed by atoms with E-state index in [2.05, 4.69) is 12.1 Å². The summed E-state index contributed by atoms with van der Waals surface area (Å²) in [4.78, 5) is 0. The fourth-order valence-corrected chi connectivity index (χ4v) is 2.22. The number of aryl methyl sites for hydroxylation is 1. The lowest BCUT2D eigenvalue weighted by molar-refractivity contribution is 0.0956. The van der Waals surface area contributed by atoms with Crippen molar-refractivity contribution in [3.8, 4) is 11.8 Å². The number of nitriles is 1. The van der Waals surface area contributed by atoms with Crippen molar-refractivity contribution < 1.29 is 9.47 Å². The van der Waals surface area contributed by atoms with E-state index in [0.717, 1.165) is 23.3 Å². The van der Waals surface area contributed by atoms with Gasteiger partial charge in [-0.2, -0.15) is 5.26 Å². The van der Waals surface area contributed by atoms with E-state index < -0.39 is 0 Å². The average molecular weight is 295 g/mol. The summed E-state index contributed by atoms with van der Waals surface area (Å²) in [6.45, 7) is 3.03. The van der Waals surface area contributed by atoms with Gasteiger partial charge < -0.3 is 9.47 Å². The SMILES string of the molecule is CCOC(C#N)CCc1cccc(OCc2ccccc2)c1. The van der Waals surface area contributed by atoms with E-state index in [1.165, 1.54) is 0 Å². The van der Waals surface area contributed by atoms with Crippen LogP contribution < -0.4 is 4.74 Å². The molecule has 0 aromatic heterocycles. The molecule has 0 fully saturated rings. The molecule has 0 heterocycles. The van der Waals surface area contributed by atoms with E-state index in [4.69, 9.17) is 14.7 Å². The molecule has 0 amide bonds. The van der Waals surface area contributed by atoms with Gasteiger partial charge in [-0.25, -0.2) is 0 Å². The Balaban J connectivity index is 1.88. The van der Waals surface area contributed by atoms with E-state index in [1.807, 2.05) is 55.5 Å². The molecule has 0 aliphatic rings. The molecular weight excluding hydrogens is 274 g/mol. The lowest BCUT2D eigenvalue weighted by Gasteiger charge is -2.10. The Hall–Kier alpha value is -2.31. The number of nitrogens with zero attached hydrogens (tertiary/aromatic N) is 1. The topological polar surface area (TPSA) is 42.2 Å². The molecule has 1 atom stereocenters. The highest BCUT2D eigenvalue weighted by molar-refractivity contribution is 5.29. The minimum absolute atomic E-state index is 0.334. The van der Waals surface area contributed by atoms with Crippen LogP contribution in [0.5, 0.6) is 5.75 Å². The average Bonchev–Trinajstić information content (AvgIpc) is 2.58. The molecule has 0 saturated heterocycles. The minimum Gasteiger partial charge on any atom is -0.489 e. The van der Waals surface area contributed by atoms with Crippen LogP contribution in [0.15, 0.2) is 54.6 Å². The van der Waals surface area contributed by atoms with Crippen LogP contribution in [-0.4, -0.2) is 12.7 Å². The van der Waals surface area contributed by atoms with Gasteiger partial charge in [0.05, 0.1) is 6.07 Å². The number of hydrogen-bond acceptors (Lipinski definition) is 3. The first kappa shape index (κ1) is 16.1. The Kier molecular flexibility index (Phi) is 6.47. The second-order valence-electron chi connectivity index (χ2n) is 5.03. The Morgan fingerprint density at radius 1 is 1.05 bits per heavy atom. The van der Waals surface area contributed by atoms with E-state index >= 15 is 0 Å². The first-order valence-corrected chi connectivity index (χ1v) is 7.58. The van der Waals surface area contributed by atoms with Gasteiger partial charge in [-0.1, -0.05) is 42.5 Å². The summed E-state index contributed by atoms with van der Waals surface area (Å²) < 4.78 is 11.2. The number of benzene rings is 2. The Morgan fingerprint density at radius 2 is 1.82 bits per heavy atom. The molecule has 1 unspecified atom stereocenters. The van der Waals surface area contributed by atoms with Gasteiger partial charge in [-0.3, -0.25) is 0 Å². The summed E-state index contributed by atoms with van der Waals surface area (Å²) in [5.74, 6) is 0.853. The van der Waals surface area contributed by atoms with E-state index in [9.17, 15) is 0 Å². The van der Waals surface area contributed by atoms with Crippen LogP contribution in [0.1, 0.15) is 24.5 Å². The highest BCUT2D eigenvalue weighted by Crippen LogP contribution is 2.17. The van der Waals surface area contributed by atoms with Gasteiger partial charge in [0.15, 0.2) is 0 Å². The molecule has 3 heteroatoms. The third kappa shape index (κ3) is 5.23. The molecule has 0 bridgehead atoms. The monoisotopic (exact) mass is 295 g/mol. The van der Waals surface area contributed by atoms with E-state index in [0.29, 0.717) is 19.6 Å². The van der Waals surface area contributed by atoms with Crippen molar-refractivity contribution in [2.24, 2.45) is 0 Å². The summed E-state index contributed by atoms with van der Waals surface area (Å²) >= 11 is 0. The molecular formula is C19H21NO2. The highest BCUT2D eigenvalue weighted by Gasteiger charge is 2.07. The fourth-order valence-electron chi connectivity index (χ4n) is 2.22. The zero-order chi connectivity index (χ0) is 15.6. The van der Waals surface area contributed by atoms with Gasteiger partial charge in [0.2, 0.25) is 0 Å². The van der Waals surface area contributed by atoms with Crippen LogP contribution in [0.25, 0.3) is 0 Å². The molecule has 0 aliphatic heterocycles. The predicted octanol–water partition coefficient (Wildman–Crippen LogP) is 4.13. The molecule has 3 nitrogen and oxygen atoms in total. The zero-order valence-electron chi connectivity index (χ0n) is 12.9. The van der Waals surface area contributed by atoms with Crippen LogP contribution in [0, 0.1) is 11.3 Å². The molecule has 0 aliphatic carbocycles. The Labute approximate surface area is 132 Å². The summed E-state index contributed by atoms with van der Waals surface area (Å²) in [5.41, 5.74) is 2.30. The van der Waals surface area contributed by atoms with Gasteiger partial charge in [0, 0.05) is 6.61 Å². The maximum atomic E-state index is 9.00. The summed E-state index contributed by atoms with van der Waals surface area (Å²) in [6.07, 6.45) is 1.17. The standard InChI is InChI=1S/C19H21NO2/c1-2-21-19(14-20)12-11-16-9-6-10-18(13-16)22-15-17-7-4-3-5-8-17/h3-10,13,19H,2,11-12,15H2,1H3. The smallest absolute Gasteiger partial charge is 0.144 e. The van der Waals surface area contributed by atoms with Gasteiger partial charge in [0.1, 0.15) is 18.5 Å². The lowest BCUT2D eigenvalue weighted by Crippen LogP contribution is -2.11. The first-order chi connectivity index (χ1) is 10.8. The van der Waals surface area contributed by atoms with Gasteiger partial charge in [0.25, 0.3) is 0 Å². The van der Waals surface area contributed by atoms with E-state index in [1.54, 1.807) is 0 Å². The van der Waals surface area contributed by atoms with Crippen molar-refractivity contribution in [1.82, 2.24) is 0 Å². The molecule has 22 heavy (non-hydrogen) atoms. The molecule has 2 aromatic rings. The summed E-state index contributed by atoms with van der Waals surface area (Å²) in [5, 5.41) is 9.00. The molecule has 0 N–H and O–H groups in total. The predicted molar refractivity (Wildman–Crippen MR) is 86.6 cm³/mol. The van der Waals surface area contributed by atoms with Crippen molar-refractivity contribution in [3.05, 3.63) is 65.7 Å². The number of rotatable bonds is 8. The quantitative estimate of drug-likeness (QED) is 0.735. The zero-order valence-corrected chi connectivity index (χ0v) is 12.9. The minimum atomic E-state index is -0.334. The van der Waals surface area contributed by atoms with Crippen molar-refractivity contribution in [2.75, 3.05) is 6.61 Å². The summed E-state index contributed by atoms with van der Waals surface area (Å²) in [6, 6.07) is 20.3. The molecule has 0 radical (unpaired) electrons. The third-order valence-corrected chi connectivity index (χ3v) is 3.35. The van der Waals surface area contributed by atoms with Crippen molar-refractivity contribution in [2.45, 2.75) is 32.5 Å². The molecule has 2 aromatic carbocycles. The molecule has 114 valence electrons. The number of ether oxygens (including phenoxy) is 2. The van der Waals surface area contributed by atoms with Crippen LogP contribution in [-0.2, 0) is 17.8 Å². The van der Waals surface area contributed by atoms with Crippen LogP contribution >= 0.6 is 0 Å². The highest BCUT2D eigenvalue weighted by atomic mass is 16.5. The van der Waals surface area contributed by atoms with E-state index in [-0.39, 0.29) is 6.10 Å². The summed E-state index contributed by atoms with van der Waals surface area (Å²) in [7, 11) is 0. The number of hydrogen-bond donors (Lipinski definition) is 0. The van der Waals surface area contributed by atoms with Gasteiger partial charge in [-0.05, 0) is 43.0 Å². The maximum absolute atomic E-state index is 9.00. The maximum Gasteiger partial charge on any atom is 0.144 e. The van der Waals surface area contributed by atoms with Crippen molar-refractivity contribution in [3.63, 3.8) is 0 Å². The molecule has 2 rings (SSSR count). The van der Waals surface area contributed by atoms with Crippen molar-refractivity contribution >= 4 is 0 Å². The molecule has 0 saturated carbocycles. The third-order valence-electron chi connectivity index (χ3n) is 3.35. The van der Waals surface area contributed by atoms with Crippen LogP contribution in [0.4, 0.5) is 0 Å². The van der Waals surface area contributed by atoms with Crippen molar-refractivity contribution in [1.29, 1.82) is 5.26 Å². The van der Waals surface area contributed by atoms with Crippen LogP contribution in [0.2, 0.25) is 0 Å². The first-order valence-electron chi connectivity index (χ1n) is 7.58. The largest absolute Gasteiger partial charge is 0.489 e. The molecule has 0 spiro atoms. The van der Waals surface area contributed by atoms with Crippen LogP contribution in [0.3, 0.4) is 0 Å². The second-order valence-corrected chi connectivity index (χ2v) is 5.03. The second kappa shape index (κ2) is 8.86. The Morgan fingerprint density at radius 3 is 2.55 bits per heavy atom. The normalized spacial score (nSPS) is 11.6. The lowest BCUT2D eigenvalue weighted by atomic mass is 10.1.